The van der Waals surface area contributed by atoms with Crippen LogP contribution in [0.3, 0.4) is 0 Å². The molecule has 1 amide bonds. The lowest BCUT2D eigenvalue weighted by Gasteiger charge is -2.34. The van der Waals surface area contributed by atoms with Crippen molar-refractivity contribution in [1.29, 1.82) is 0 Å². The molecule has 0 radical (unpaired) electrons. The van der Waals surface area contributed by atoms with E-state index in [4.69, 9.17) is 16.3 Å². The summed E-state index contributed by atoms with van der Waals surface area (Å²) in [5, 5.41) is 5.30. The molecular weight excluding hydrogens is 406 g/mol. The summed E-state index contributed by atoms with van der Waals surface area (Å²) < 4.78 is 6.31. The standard InChI is InChI=1S/C18H22ClN3O3S2/c1-11-7-22(8-12(2)25-11)9-13-10-26-18(20-13)21-17(24)6-3-14(23)15-4-5-16(19)27-15/h4-5,10-12H,3,6-9H2,1-2H3,(H,20,21,24). The molecule has 1 fully saturated rings. The summed E-state index contributed by atoms with van der Waals surface area (Å²) in [6, 6.07) is 3.38. The van der Waals surface area contributed by atoms with Crippen molar-refractivity contribution in [1.82, 2.24) is 9.88 Å². The van der Waals surface area contributed by atoms with Crippen molar-refractivity contribution < 1.29 is 14.3 Å². The molecule has 3 rings (SSSR count). The zero-order valence-electron chi connectivity index (χ0n) is 15.2. The van der Waals surface area contributed by atoms with E-state index in [-0.39, 0.29) is 36.7 Å². The maximum absolute atomic E-state index is 12.1. The van der Waals surface area contributed by atoms with E-state index in [2.05, 4.69) is 29.0 Å². The number of anilines is 1. The van der Waals surface area contributed by atoms with Gasteiger partial charge in [0, 0.05) is 37.9 Å². The summed E-state index contributed by atoms with van der Waals surface area (Å²) in [6.45, 7) is 6.63. The van der Waals surface area contributed by atoms with Crippen LogP contribution in [0, 0.1) is 0 Å². The Hall–Kier alpha value is -1.32. The average Bonchev–Trinajstić information content (AvgIpc) is 3.21. The Balaban J connectivity index is 1.45. The first-order chi connectivity index (χ1) is 12.9. The topological polar surface area (TPSA) is 71.5 Å². The molecule has 3 heterocycles. The van der Waals surface area contributed by atoms with Gasteiger partial charge in [0.1, 0.15) is 0 Å². The van der Waals surface area contributed by atoms with E-state index in [1.807, 2.05) is 5.38 Å². The van der Waals surface area contributed by atoms with Gasteiger partial charge < -0.3 is 10.1 Å². The predicted molar refractivity (Wildman–Crippen MR) is 109 cm³/mol. The number of ketones is 1. The number of rotatable bonds is 7. The smallest absolute Gasteiger partial charge is 0.226 e. The molecule has 0 saturated carbocycles. The number of thiophene rings is 1. The summed E-state index contributed by atoms with van der Waals surface area (Å²) in [5.41, 5.74) is 0.931. The van der Waals surface area contributed by atoms with Crippen molar-refractivity contribution in [2.45, 2.75) is 45.4 Å². The van der Waals surface area contributed by atoms with Gasteiger partial charge in [0.05, 0.1) is 27.1 Å². The number of morpholine rings is 1. The lowest BCUT2D eigenvalue weighted by Crippen LogP contribution is -2.44. The van der Waals surface area contributed by atoms with Crippen LogP contribution in [0.2, 0.25) is 4.34 Å². The number of nitrogens with zero attached hydrogens (tertiary/aromatic N) is 2. The van der Waals surface area contributed by atoms with E-state index in [0.29, 0.717) is 14.3 Å². The minimum absolute atomic E-state index is 0.0718. The number of aromatic nitrogens is 1. The number of hydrogen-bond donors (Lipinski definition) is 1. The highest BCUT2D eigenvalue weighted by molar-refractivity contribution is 7.18. The highest BCUT2D eigenvalue weighted by Gasteiger charge is 2.23. The zero-order valence-corrected chi connectivity index (χ0v) is 17.6. The first kappa shape index (κ1) is 20.4. The number of ether oxygens (including phenoxy) is 1. The Morgan fingerprint density at radius 3 is 2.70 bits per heavy atom. The van der Waals surface area contributed by atoms with Crippen molar-refractivity contribution >= 4 is 51.1 Å². The van der Waals surface area contributed by atoms with Gasteiger partial charge in [0.2, 0.25) is 5.91 Å². The van der Waals surface area contributed by atoms with E-state index < -0.39 is 0 Å². The quantitative estimate of drug-likeness (QED) is 0.674. The zero-order chi connectivity index (χ0) is 19.4. The highest BCUT2D eigenvalue weighted by Crippen LogP contribution is 2.23. The Labute approximate surface area is 171 Å². The molecule has 2 aromatic heterocycles. The fourth-order valence-electron chi connectivity index (χ4n) is 3.08. The van der Waals surface area contributed by atoms with Gasteiger partial charge in [0.25, 0.3) is 0 Å². The van der Waals surface area contributed by atoms with Gasteiger partial charge in [-0.15, -0.1) is 22.7 Å². The average molecular weight is 428 g/mol. The van der Waals surface area contributed by atoms with E-state index in [1.165, 1.54) is 22.7 Å². The predicted octanol–water partition coefficient (Wildman–Crippen LogP) is 4.07. The van der Waals surface area contributed by atoms with Crippen LogP contribution < -0.4 is 5.32 Å². The molecule has 2 unspecified atom stereocenters. The third kappa shape index (κ3) is 6.08. The van der Waals surface area contributed by atoms with Gasteiger partial charge in [-0.25, -0.2) is 4.98 Å². The maximum atomic E-state index is 12.1. The number of carbonyl (C=O) groups excluding carboxylic acids is 2. The van der Waals surface area contributed by atoms with Crippen molar-refractivity contribution in [2.24, 2.45) is 0 Å². The molecule has 1 aliphatic rings. The van der Waals surface area contributed by atoms with Crippen LogP contribution in [0.1, 0.15) is 42.1 Å². The number of halogens is 1. The summed E-state index contributed by atoms with van der Waals surface area (Å²) in [7, 11) is 0. The number of carbonyl (C=O) groups is 2. The van der Waals surface area contributed by atoms with Crippen LogP contribution in [-0.2, 0) is 16.1 Å². The van der Waals surface area contributed by atoms with Crippen LogP contribution in [0.25, 0.3) is 0 Å². The Kier molecular flexibility index (Phi) is 6.99. The molecule has 0 aliphatic carbocycles. The van der Waals surface area contributed by atoms with Crippen LogP contribution in [0.4, 0.5) is 5.13 Å². The Morgan fingerprint density at radius 1 is 1.30 bits per heavy atom. The molecular formula is C18H22ClN3O3S2. The van der Waals surface area contributed by atoms with Crippen molar-refractivity contribution in [3.05, 3.63) is 32.4 Å². The molecule has 1 saturated heterocycles. The maximum Gasteiger partial charge on any atom is 0.226 e. The van der Waals surface area contributed by atoms with Crippen molar-refractivity contribution in [2.75, 3.05) is 18.4 Å². The molecule has 1 aliphatic heterocycles. The van der Waals surface area contributed by atoms with Crippen molar-refractivity contribution in [3.63, 3.8) is 0 Å². The lowest BCUT2D eigenvalue weighted by molar-refractivity contribution is -0.116. The second-order valence-corrected chi connectivity index (χ2v) is 9.24. The first-order valence-electron chi connectivity index (χ1n) is 8.79. The summed E-state index contributed by atoms with van der Waals surface area (Å²) in [6.07, 6.45) is 0.705. The molecule has 0 spiro atoms. The number of amides is 1. The number of nitrogens with one attached hydrogen (secondary N) is 1. The molecule has 0 aromatic carbocycles. The van der Waals surface area contributed by atoms with Gasteiger partial charge in [0.15, 0.2) is 10.9 Å². The summed E-state index contributed by atoms with van der Waals surface area (Å²) in [4.78, 5) is 31.5. The fourth-order valence-corrected chi connectivity index (χ4v) is 4.80. The molecule has 27 heavy (non-hydrogen) atoms. The highest BCUT2D eigenvalue weighted by atomic mass is 35.5. The number of thiazole rings is 1. The Morgan fingerprint density at radius 2 is 2.04 bits per heavy atom. The van der Waals surface area contributed by atoms with Crippen LogP contribution in [0.5, 0.6) is 0 Å². The third-order valence-electron chi connectivity index (χ3n) is 4.11. The lowest BCUT2D eigenvalue weighted by atomic mass is 10.2. The monoisotopic (exact) mass is 427 g/mol. The van der Waals surface area contributed by atoms with Gasteiger partial charge in [-0.05, 0) is 26.0 Å². The van der Waals surface area contributed by atoms with Gasteiger partial charge in [-0.1, -0.05) is 11.6 Å². The second kappa shape index (κ2) is 9.25. The SMILES string of the molecule is CC1CN(Cc2csc(NC(=O)CCC(=O)c3ccc(Cl)s3)n2)CC(C)O1. The number of Topliss-reactive ketones (excluding diaryl/α,β-unsaturated/α-hetero) is 1. The summed E-state index contributed by atoms with van der Waals surface area (Å²) in [5.74, 6) is -0.280. The van der Waals surface area contributed by atoms with E-state index in [0.717, 1.165) is 25.3 Å². The van der Waals surface area contributed by atoms with E-state index in [1.54, 1.807) is 12.1 Å². The first-order valence-corrected chi connectivity index (χ1v) is 10.9. The van der Waals surface area contributed by atoms with Gasteiger partial charge in [-0.3, -0.25) is 14.5 Å². The van der Waals surface area contributed by atoms with Gasteiger partial charge >= 0.3 is 0 Å². The Bertz CT molecular complexity index is 797. The third-order valence-corrected chi connectivity index (χ3v) is 6.18. The minimum atomic E-state index is -0.208. The second-order valence-electron chi connectivity index (χ2n) is 6.67. The van der Waals surface area contributed by atoms with E-state index in [9.17, 15) is 9.59 Å². The van der Waals surface area contributed by atoms with Crippen molar-refractivity contribution in [3.8, 4) is 0 Å². The summed E-state index contributed by atoms with van der Waals surface area (Å²) >= 11 is 8.46. The minimum Gasteiger partial charge on any atom is -0.373 e. The fraction of sp³-hybridized carbons (Fsp3) is 0.500. The number of hydrogen-bond acceptors (Lipinski definition) is 7. The van der Waals surface area contributed by atoms with Crippen LogP contribution in [-0.4, -0.2) is 46.9 Å². The molecule has 1 N–H and O–H groups in total. The molecule has 9 heteroatoms. The van der Waals surface area contributed by atoms with Gasteiger partial charge in [-0.2, -0.15) is 0 Å². The van der Waals surface area contributed by atoms with Crippen LogP contribution in [0.15, 0.2) is 17.5 Å². The molecule has 6 nitrogen and oxygen atoms in total. The largest absolute Gasteiger partial charge is 0.373 e. The molecule has 2 atom stereocenters. The van der Waals surface area contributed by atoms with Crippen LogP contribution >= 0.6 is 34.3 Å². The normalized spacial score (nSPS) is 20.6. The van der Waals surface area contributed by atoms with E-state index >= 15 is 0 Å². The molecule has 0 bridgehead atoms. The molecule has 2 aromatic rings. The molecule has 146 valence electrons.